The van der Waals surface area contributed by atoms with Crippen LogP contribution in [0, 0.1) is 13.8 Å². The molecule has 0 unspecified atom stereocenters. The normalized spacial score (nSPS) is 11.7. The summed E-state index contributed by atoms with van der Waals surface area (Å²) < 4.78 is 0. The highest BCUT2D eigenvalue weighted by atomic mass is 35.5. The number of halogens is 2. The molecule has 15 heavy (non-hydrogen) atoms. The van der Waals surface area contributed by atoms with Crippen LogP contribution in [0.3, 0.4) is 0 Å². The fraction of sp³-hybridized carbons (Fsp3) is 0.231. The van der Waals surface area contributed by atoms with Gasteiger partial charge in [-0.05, 0) is 55.2 Å². The van der Waals surface area contributed by atoms with Crippen LogP contribution in [-0.2, 0) is 0 Å². The van der Waals surface area contributed by atoms with Gasteiger partial charge in [0.1, 0.15) is 0 Å². The van der Waals surface area contributed by atoms with E-state index in [0.29, 0.717) is 5.03 Å². The lowest BCUT2D eigenvalue weighted by Gasteiger charge is -2.09. The van der Waals surface area contributed by atoms with Gasteiger partial charge in [0.15, 0.2) is 0 Å². The maximum Gasteiger partial charge on any atom is 0.0412 e. The number of allylic oxidation sites excluding steroid dienone is 1. The zero-order valence-electron chi connectivity index (χ0n) is 9.20. The summed E-state index contributed by atoms with van der Waals surface area (Å²) in [5, 5.41) is 1.28. The second kappa shape index (κ2) is 4.87. The van der Waals surface area contributed by atoms with E-state index in [-0.39, 0.29) is 0 Å². The summed E-state index contributed by atoms with van der Waals surface area (Å²) >= 11 is 11.8. The lowest BCUT2D eigenvalue weighted by molar-refractivity contribution is 1.32. The molecular formula is C13H14Cl2. The lowest BCUT2D eigenvalue weighted by Crippen LogP contribution is -1.89. The quantitative estimate of drug-likeness (QED) is 0.674. The van der Waals surface area contributed by atoms with E-state index in [1.807, 2.05) is 19.1 Å². The van der Waals surface area contributed by atoms with Gasteiger partial charge in [0.05, 0.1) is 0 Å². The van der Waals surface area contributed by atoms with Crippen molar-refractivity contribution >= 4 is 34.3 Å². The van der Waals surface area contributed by atoms with Crippen LogP contribution in [0.5, 0.6) is 0 Å². The van der Waals surface area contributed by atoms with Gasteiger partial charge >= 0.3 is 0 Å². The molecule has 0 radical (unpaired) electrons. The topological polar surface area (TPSA) is 0 Å². The van der Waals surface area contributed by atoms with E-state index in [1.165, 1.54) is 11.1 Å². The third-order valence-corrected chi connectivity index (χ3v) is 2.63. The second-order valence-corrected chi connectivity index (χ2v) is 4.71. The Morgan fingerprint density at radius 3 is 2.20 bits per heavy atom. The average molecular weight is 241 g/mol. The summed E-state index contributed by atoms with van der Waals surface area (Å²) in [4.78, 5) is 0. The first-order valence-electron chi connectivity index (χ1n) is 4.71. The van der Waals surface area contributed by atoms with Crippen molar-refractivity contribution in [3.8, 4) is 0 Å². The standard InChI is InChI=1S/C13H14Cl2/c1-8-5-12(7-10(3)14)13(11(4)15)6-9(8)2/h5-7H,4H2,1-3H3/b10-7+. The predicted octanol–water partition coefficient (Wildman–Crippen LogP) is 5.11. The Balaban J connectivity index is 3.41. The van der Waals surface area contributed by atoms with Crippen molar-refractivity contribution in [3.63, 3.8) is 0 Å². The molecule has 0 saturated carbocycles. The molecule has 0 amide bonds. The Morgan fingerprint density at radius 1 is 1.20 bits per heavy atom. The summed E-state index contributed by atoms with van der Waals surface area (Å²) in [7, 11) is 0. The summed E-state index contributed by atoms with van der Waals surface area (Å²) in [6, 6.07) is 4.11. The maximum atomic E-state index is 5.95. The van der Waals surface area contributed by atoms with Crippen LogP contribution in [0.1, 0.15) is 29.2 Å². The molecule has 0 heterocycles. The molecule has 1 rings (SSSR count). The molecule has 0 aromatic heterocycles. The van der Waals surface area contributed by atoms with E-state index in [9.17, 15) is 0 Å². The molecule has 0 nitrogen and oxygen atoms in total. The van der Waals surface area contributed by atoms with Crippen molar-refractivity contribution < 1.29 is 0 Å². The minimum atomic E-state index is 0.544. The molecular weight excluding hydrogens is 227 g/mol. The van der Waals surface area contributed by atoms with Crippen LogP contribution in [-0.4, -0.2) is 0 Å². The number of aryl methyl sites for hydroxylation is 2. The van der Waals surface area contributed by atoms with Gasteiger partial charge in [0, 0.05) is 10.1 Å². The van der Waals surface area contributed by atoms with E-state index in [1.54, 1.807) is 0 Å². The molecule has 0 aliphatic heterocycles. The molecule has 0 fully saturated rings. The Hall–Kier alpha value is -0.720. The molecule has 1 aromatic rings. The summed E-state index contributed by atoms with van der Waals surface area (Å²) in [6.45, 7) is 9.72. The number of hydrogen-bond acceptors (Lipinski definition) is 0. The zero-order chi connectivity index (χ0) is 11.6. The van der Waals surface area contributed by atoms with Gasteiger partial charge in [0.25, 0.3) is 0 Å². The Labute approximate surface area is 101 Å². The van der Waals surface area contributed by atoms with Gasteiger partial charge in [-0.2, -0.15) is 0 Å². The summed E-state index contributed by atoms with van der Waals surface area (Å²) in [5.74, 6) is 0. The first-order valence-corrected chi connectivity index (χ1v) is 5.47. The molecule has 0 aliphatic carbocycles. The molecule has 0 saturated heterocycles. The van der Waals surface area contributed by atoms with Crippen LogP contribution < -0.4 is 0 Å². The molecule has 2 heteroatoms. The van der Waals surface area contributed by atoms with Gasteiger partial charge in [0.2, 0.25) is 0 Å². The highest BCUT2D eigenvalue weighted by Crippen LogP contribution is 2.26. The average Bonchev–Trinajstić information content (AvgIpc) is 2.09. The Bertz CT molecular complexity index is 424. The highest BCUT2D eigenvalue weighted by molar-refractivity contribution is 6.48. The molecule has 1 aromatic carbocycles. The van der Waals surface area contributed by atoms with Crippen LogP contribution in [0.4, 0.5) is 0 Å². The van der Waals surface area contributed by atoms with Gasteiger partial charge in [-0.15, -0.1) is 0 Å². The number of hydrogen-bond donors (Lipinski definition) is 0. The van der Waals surface area contributed by atoms with E-state index in [2.05, 4.69) is 26.5 Å². The van der Waals surface area contributed by atoms with E-state index in [0.717, 1.165) is 16.2 Å². The Kier molecular flexibility index (Phi) is 4.01. The zero-order valence-corrected chi connectivity index (χ0v) is 10.7. The van der Waals surface area contributed by atoms with E-state index in [4.69, 9.17) is 23.2 Å². The van der Waals surface area contributed by atoms with Crippen LogP contribution >= 0.6 is 23.2 Å². The fourth-order valence-corrected chi connectivity index (χ4v) is 1.69. The third kappa shape index (κ3) is 3.12. The molecule has 0 spiro atoms. The third-order valence-electron chi connectivity index (χ3n) is 2.31. The van der Waals surface area contributed by atoms with Crippen LogP contribution in [0.15, 0.2) is 23.7 Å². The molecule has 0 aliphatic rings. The molecule has 80 valence electrons. The predicted molar refractivity (Wildman–Crippen MR) is 70.3 cm³/mol. The lowest BCUT2D eigenvalue weighted by atomic mass is 9.99. The van der Waals surface area contributed by atoms with Gasteiger partial charge in [-0.1, -0.05) is 35.8 Å². The van der Waals surface area contributed by atoms with Crippen molar-refractivity contribution in [1.29, 1.82) is 0 Å². The van der Waals surface area contributed by atoms with Crippen molar-refractivity contribution in [3.05, 3.63) is 46.0 Å². The van der Waals surface area contributed by atoms with Crippen molar-refractivity contribution in [1.82, 2.24) is 0 Å². The maximum absolute atomic E-state index is 5.95. The van der Waals surface area contributed by atoms with Crippen molar-refractivity contribution in [2.45, 2.75) is 20.8 Å². The summed E-state index contributed by atoms with van der Waals surface area (Å²) in [5.41, 5.74) is 4.39. The molecule has 0 bridgehead atoms. The minimum absolute atomic E-state index is 0.544. The minimum Gasteiger partial charge on any atom is -0.0894 e. The molecule has 0 N–H and O–H groups in total. The largest absolute Gasteiger partial charge is 0.0894 e. The van der Waals surface area contributed by atoms with E-state index < -0.39 is 0 Å². The summed E-state index contributed by atoms with van der Waals surface area (Å²) in [6.07, 6.45) is 1.90. The van der Waals surface area contributed by atoms with Crippen LogP contribution in [0.2, 0.25) is 0 Å². The molecule has 0 atom stereocenters. The first-order chi connectivity index (χ1) is 6.91. The van der Waals surface area contributed by atoms with Crippen molar-refractivity contribution in [2.24, 2.45) is 0 Å². The monoisotopic (exact) mass is 240 g/mol. The van der Waals surface area contributed by atoms with Gasteiger partial charge < -0.3 is 0 Å². The smallest absolute Gasteiger partial charge is 0.0412 e. The van der Waals surface area contributed by atoms with Gasteiger partial charge in [-0.3, -0.25) is 0 Å². The first kappa shape index (κ1) is 12.4. The Morgan fingerprint density at radius 2 is 1.73 bits per heavy atom. The van der Waals surface area contributed by atoms with Gasteiger partial charge in [-0.25, -0.2) is 0 Å². The van der Waals surface area contributed by atoms with E-state index >= 15 is 0 Å². The second-order valence-electron chi connectivity index (χ2n) is 3.66. The highest BCUT2D eigenvalue weighted by Gasteiger charge is 2.05. The fourth-order valence-electron chi connectivity index (χ4n) is 1.41. The SMILES string of the molecule is C=C(Cl)c1cc(C)c(C)cc1/C=C(\C)Cl. The van der Waals surface area contributed by atoms with Crippen molar-refractivity contribution in [2.75, 3.05) is 0 Å². The number of benzene rings is 1. The number of rotatable bonds is 2. The van der Waals surface area contributed by atoms with Crippen LogP contribution in [0.25, 0.3) is 11.1 Å².